The Morgan fingerprint density at radius 2 is 1.61 bits per heavy atom. The van der Waals surface area contributed by atoms with Crippen LogP contribution in [0.1, 0.15) is 35.3 Å². The predicted octanol–water partition coefficient (Wildman–Crippen LogP) is 6.08. The number of aryl methyl sites for hydroxylation is 1. The molecule has 0 radical (unpaired) electrons. The van der Waals surface area contributed by atoms with Gasteiger partial charge >= 0.3 is 0 Å². The molecule has 6 nitrogen and oxygen atoms in total. The summed E-state index contributed by atoms with van der Waals surface area (Å²) in [5.41, 5.74) is 3.32. The van der Waals surface area contributed by atoms with E-state index in [2.05, 4.69) is 16.2 Å². The van der Waals surface area contributed by atoms with Gasteiger partial charge in [0.05, 0.1) is 29.6 Å². The van der Waals surface area contributed by atoms with Crippen LogP contribution in [0.5, 0.6) is 11.5 Å². The van der Waals surface area contributed by atoms with E-state index in [9.17, 15) is 4.79 Å². The average Bonchev–Trinajstić information content (AvgIpc) is 3.24. The molecule has 0 aliphatic heterocycles. The van der Waals surface area contributed by atoms with Crippen molar-refractivity contribution in [1.29, 1.82) is 0 Å². The maximum Gasteiger partial charge on any atom is 0.280 e. The van der Waals surface area contributed by atoms with Crippen molar-refractivity contribution < 1.29 is 14.3 Å². The fourth-order valence-electron chi connectivity index (χ4n) is 3.22. The molecule has 1 heterocycles. The molecule has 0 aliphatic carbocycles. The van der Waals surface area contributed by atoms with Crippen LogP contribution < -0.4 is 14.5 Å². The third-order valence-corrected chi connectivity index (χ3v) is 5.83. The monoisotopic (exact) mass is 459 g/mol. The molecule has 4 aromatic rings. The number of nitrogens with zero attached hydrogens (tertiary/aromatic N) is 3. The number of fused-ring (bicyclic) bond motifs is 1. The lowest BCUT2D eigenvalue weighted by atomic mass is 10.2. The normalized spacial score (nSPS) is 11.1. The molecule has 7 heteroatoms. The maximum absolute atomic E-state index is 13.4. The molecule has 0 N–H and O–H groups in total. The van der Waals surface area contributed by atoms with Gasteiger partial charge in [-0.15, -0.1) is 0 Å². The van der Waals surface area contributed by atoms with Gasteiger partial charge in [0.2, 0.25) is 5.13 Å². The molecule has 1 amide bonds. The lowest BCUT2D eigenvalue weighted by Crippen LogP contribution is -2.25. The summed E-state index contributed by atoms with van der Waals surface area (Å²) in [6, 6.07) is 20.6. The van der Waals surface area contributed by atoms with Crippen LogP contribution in [0, 0.1) is 6.92 Å². The van der Waals surface area contributed by atoms with Gasteiger partial charge in [0.25, 0.3) is 5.91 Å². The average molecular weight is 460 g/mol. The Kier molecular flexibility index (Phi) is 7.00. The topological polar surface area (TPSA) is 64.0 Å². The Bertz CT molecular complexity index is 1260. The number of rotatable bonds is 8. The molecule has 0 fully saturated rings. The Morgan fingerprint density at radius 1 is 0.970 bits per heavy atom. The molecular weight excluding hydrogens is 434 g/mol. The van der Waals surface area contributed by atoms with Crippen molar-refractivity contribution in [2.75, 3.05) is 18.2 Å². The van der Waals surface area contributed by atoms with E-state index >= 15 is 0 Å². The van der Waals surface area contributed by atoms with E-state index in [-0.39, 0.29) is 5.91 Å². The minimum Gasteiger partial charge on any atom is -0.494 e. The highest BCUT2D eigenvalue weighted by Gasteiger charge is 2.21. The molecule has 0 unspecified atom stereocenters. The third-order valence-electron chi connectivity index (χ3n) is 4.83. The second-order valence-corrected chi connectivity index (χ2v) is 8.30. The number of carbonyl (C=O) groups is 1. The molecule has 0 spiro atoms. The summed E-state index contributed by atoms with van der Waals surface area (Å²) in [4.78, 5) is 18.1. The second-order valence-electron chi connectivity index (χ2n) is 7.29. The van der Waals surface area contributed by atoms with E-state index in [4.69, 9.17) is 9.47 Å². The first-order chi connectivity index (χ1) is 16.1. The zero-order chi connectivity index (χ0) is 23.2. The standard InChI is InChI=1S/C26H25N3O3S/c1-4-31-21-11-7-19(8-12-21)17-27-29(25(30)20-9-13-22(14-10-20)32-5-2)26-28-23-15-6-18(3)16-24(23)33-26/h6-17H,4-5H2,1-3H3/b27-17+. The first kappa shape index (κ1) is 22.5. The maximum atomic E-state index is 13.4. The largest absolute Gasteiger partial charge is 0.494 e. The number of hydrogen-bond acceptors (Lipinski definition) is 6. The zero-order valence-electron chi connectivity index (χ0n) is 18.8. The van der Waals surface area contributed by atoms with Crippen LogP contribution in [-0.4, -0.2) is 30.3 Å². The van der Waals surface area contributed by atoms with Gasteiger partial charge in [0.1, 0.15) is 11.5 Å². The molecule has 0 aliphatic rings. The summed E-state index contributed by atoms with van der Waals surface area (Å²) in [6.07, 6.45) is 1.65. The van der Waals surface area contributed by atoms with Crippen molar-refractivity contribution in [1.82, 2.24) is 4.98 Å². The summed E-state index contributed by atoms with van der Waals surface area (Å²) >= 11 is 1.43. The molecule has 1 aromatic heterocycles. The highest BCUT2D eigenvalue weighted by Crippen LogP contribution is 2.31. The van der Waals surface area contributed by atoms with Crippen LogP contribution in [0.15, 0.2) is 71.8 Å². The summed E-state index contributed by atoms with van der Waals surface area (Å²) in [6.45, 7) is 7.07. The van der Waals surface area contributed by atoms with Gasteiger partial charge in [-0.1, -0.05) is 17.4 Å². The van der Waals surface area contributed by atoms with Crippen molar-refractivity contribution in [3.63, 3.8) is 0 Å². The molecule has 4 rings (SSSR count). The lowest BCUT2D eigenvalue weighted by Gasteiger charge is -2.14. The second kappa shape index (κ2) is 10.3. The van der Waals surface area contributed by atoms with Crippen molar-refractivity contribution >= 4 is 38.8 Å². The number of benzene rings is 3. The van der Waals surface area contributed by atoms with Gasteiger partial charge in [-0.25, -0.2) is 4.98 Å². The van der Waals surface area contributed by atoms with Crippen molar-refractivity contribution in [3.8, 4) is 11.5 Å². The predicted molar refractivity (Wildman–Crippen MR) is 134 cm³/mol. The Morgan fingerprint density at radius 3 is 2.24 bits per heavy atom. The number of amides is 1. The summed E-state index contributed by atoms with van der Waals surface area (Å²) in [7, 11) is 0. The Balaban J connectivity index is 1.68. The van der Waals surface area contributed by atoms with Crippen molar-refractivity contribution in [3.05, 3.63) is 83.4 Å². The molecule has 0 bridgehead atoms. The first-order valence-corrected chi connectivity index (χ1v) is 11.6. The van der Waals surface area contributed by atoms with Crippen LogP contribution in [0.4, 0.5) is 5.13 Å². The van der Waals surface area contributed by atoms with Gasteiger partial charge < -0.3 is 9.47 Å². The summed E-state index contributed by atoms with van der Waals surface area (Å²) < 4.78 is 12.0. The molecule has 3 aromatic carbocycles. The van der Waals surface area contributed by atoms with Crippen LogP contribution in [-0.2, 0) is 0 Å². The van der Waals surface area contributed by atoms with E-state index in [0.29, 0.717) is 29.7 Å². The summed E-state index contributed by atoms with van der Waals surface area (Å²) in [5, 5.41) is 6.39. The number of hydrogen-bond donors (Lipinski definition) is 0. The molecule has 0 atom stereocenters. The van der Waals surface area contributed by atoms with Gasteiger partial charge in [-0.2, -0.15) is 10.1 Å². The van der Waals surface area contributed by atoms with Gasteiger partial charge in [0.15, 0.2) is 0 Å². The van der Waals surface area contributed by atoms with Crippen molar-refractivity contribution in [2.24, 2.45) is 5.10 Å². The van der Waals surface area contributed by atoms with Gasteiger partial charge in [-0.05, 0) is 92.6 Å². The minimum absolute atomic E-state index is 0.268. The SMILES string of the molecule is CCOc1ccc(/C=N/N(C(=O)c2ccc(OCC)cc2)c2nc3ccc(C)cc3s2)cc1. The Hall–Kier alpha value is -3.71. The zero-order valence-corrected chi connectivity index (χ0v) is 19.6. The smallest absolute Gasteiger partial charge is 0.280 e. The molecular formula is C26H25N3O3S. The number of carbonyl (C=O) groups excluding carboxylic acids is 1. The minimum atomic E-state index is -0.268. The molecule has 33 heavy (non-hydrogen) atoms. The molecule has 0 saturated heterocycles. The van der Waals surface area contributed by atoms with E-state index in [1.807, 2.05) is 57.2 Å². The van der Waals surface area contributed by atoms with Crippen LogP contribution in [0.2, 0.25) is 0 Å². The fourth-order valence-corrected chi connectivity index (χ4v) is 4.24. The number of thiazole rings is 1. The highest BCUT2D eigenvalue weighted by molar-refractivity contribution is 7.22. The van der Waals surface area contributed by atoms with Crippen LogP contribution in [0.25, 0.3) is 10.2 Å². The summed E-state index contributed by atoms with van der Waals surface area (Å²) in [5.74, 6) is 1.24. The van der Waals surface area contributed by atoms with Crippen LogP contribution >= 0.6 is 11.3 Å². The number of anilines is 1. The van der Waals surface area contributed by atoms with Gasteiger partial charge in [-0.3, -0.25) is 4.79 Å². The van der Waals surface area contributed by atoms with Crippen LogP contribution in [0.3, 0.4) is 0 Å². The van der Waals surface area contributed by atoms with E-state index in [1.54, 1.807) is 30.5 Å². The Labute approximate surface area is 197 Å². The van der Waals surface area contributed by atoms with Gasteiger partial charge in [0, 0.05) is 5.56 Å². The highest BCUT2D eigenvalue weighted by atomic mass is 32.1. The first-order valence-electron chi connectivity index (χ1n) is 10.8. The number of aromatic nitrogens is 1. The third kappa shape index (κ3) is 5.38. The molecule has 168 valence electrons. The van der Waals surface area contributed by atoms with E-state index in [1.165, 1.54) is 16.3 Å². The van der Waals surface area contributed by atoms with Crippen molar-refractivity contribution in [2.45, 2.75) is 20.8 Å². The van der Waals surface area contributed by atoms with E-state index in [0.717, 1.165) is 27.1 Å². The molecule has 0 saturated carbocycles. The fraction of sp³-hybridized carbons (Fsp3) is 0.192. The van der Waals surface area contributed by atoms with E-state index < -0.39 is 0 Å². The quantitative estimate of drug-likeness (QED) is 0.236. The lowest BCUT2D eigenvalue weighted by molar-refractivity contribution is 0.0988. The number of ether oxygens (including phenoxy) is 2. The number of hydrazone groups is 1.